The van der Waals surface area contributed by atoms with Gasteiger partial charge in [0, 0.05) is 6.20 Å². The third-order valence-corrected chi connectivity index (χ3v) is 1.49. The van der Waals surface area contributed by atoms with Crippen molar-refractivity contribution in [1.82, 2.24) is 4.98 Å². The molecule has 0 N–H and O–H groups in total. The third kappa shape index (κ3) is 2.40. The van der Waals surface area contributed by atoms with E-state index >= 15 is 0 Å². The molecule has 0 aliphatic heterocycles. The molecule has 0 unspecified atom stereocenters. The third-order valence-electron chi connectivity index (χ3n) is 1.49. The number of hydrogen-bond acceptors (Lipinski definition) is 3. The molecule has 0 bridgehead atoms. The lowest BCUT2D eigenvalue weighted by molar-refractivity contribution is 0.101. The summed E-state index contributed by atoms with van der Waals surface area (Å²) >= 11 is 0. The van der Waals surface area contributed by atoms with Crippen molar-refractivity contribution in [3.8, 4) is 5.88 Å². The van der Waals surface area contributed by atoms with Crippen LogP contribution < -0.4 is 4.74 Å². The fraction of sp³-hybridized carbons (Fsp3) is 0.200. The molecule has 0 aromatic carbocycles. The van der Waals surface area contributed by atoms with E-state index in [4.69, 9.17) is 4.74 Å². The Hall–Kier alpha value is -1.64. The number of ketones is 1. The molecule has 0 saturated heterocycles. The van der Waals surface area contributed by atoms with E-state index in [2.05, 4.69) is 11.6 Å². The van der Waals surface area contributed by atoms with Crippen LogP contribution in [0.2, 0.25) is 0 Å². The van der Waals surface area contributed by atoms with Crippen LogP contribution in [0.25, 0.3) is 0 Å². The van der Waals surface area contributed by atoms with E-state index < -0.39 is 0 Å². The van der Waals surface area contributed by atoms with Gasteiger partial charge in [-0.2, -0.15) is 0 Å². The summed E-state index contributed by atoms with van der Waals surface area (Å²) in [5.74, 6) is 0.321. The van der Waals surface area contributed by atoms with Crippen LogP contribution in [0.1, 0.15) is 17.3 Å². The number of aromatic nitrogens is 1. The van der Waals surface area contributed by atoms with E-state index in [-0.39, 0.29) is 5.78 Å². The van der Waals surface area contributed by atoms with Crippen LogP contribution in [0.4, 0.5) is 0 Å². The Morgan fingerprint density at radius 2 is 2.54 bits per heavy atom. The molecule has 1 heterocycles. The highest BCUT2D eigenvalue weighted by molar-refractivity contribution is 5.96. The average molecular weight is 177 g/mol. The van der Waals surface area contributed by atoms with Crippen LogP contribution in [-0.2, 0) is 0 Å². The summed E-state index contributed by atoms with van der Waals surface area (Å²) in [6.45, 7) is 5.35. The molecular formula is C10H11NO2. The monoisotopic (exact) mass is 177 g/mol. The lowest BCUT2D eigenvalue weighted by Gasteiger charge is -2.04. The molecule has 0 aliphatic rings. The Balaban J connectivity index is 2.90. The minimum Gasteiger partial charge on any atom is -0.473 e. The smallest absolute Gasteiger partial charge is 0.224 e. The van der Waals surface area contributed by atoms with Gasteiger partial charge >= 0.3 is 0 Å². The van der Waals surface area contributed by atoms with Crippen LogP contribution in [-0.4, -0.2) is 17.4 Å². The molecule has 0 amide bonds. The van der Waals surface area contributed by atoms with Gasteiger partial charge in [0.05, 0.1) is 5.56 Å². The van der Waals surface area contributed by atoms with Crippen LogP contribution >= 0.6 is 0 Å². The van der Waals surface area contributed by atoms with Crippen LogP contribution in [0.15, 0.2) is 31.0 Å². The number of carbonyl (C=O) groups excluding carboxylic acids is 1. The number of rotatable bonds is 4. The van der Waals surface area contributed by atoms with Gasteiger partial charge < -0.3 is 4.74 Å². The van der Waals surface area contributed by atoms with Crippen molar-refractivity contribution in [2.45, 2.75) is 6.92 Å². The summed E-state index contributed by atoms with van der Waals surface area (Å²) in [4.78, 5) is 15.0. The first kappa shape index (κ1) is 9.45. The van der Waals surface area contributed by atoms with Crippen LogP contribution in [0, 0.1) is 0 Å². The lowest BCUT2D eigenvalue weighted by Crippen LogP contribution is -2.02. The van der Waals surface area contributed by atoms with Crippen molar-refractivity contribution in [2.24, 2.45) is 0 Å². The van der Waals surface area contributed by atoms with E-state index in [9.17, 15) is 4.79 Å². The van der Waals surface area contributed by atoms with Gasteiger partial charge in [-0.1, -0.05) is 12.7 Å². The minimum atomic E-state index is -0.0489. The largest absolute Gasteiger partial charge is 0.473 e. The highest BCUT2D eigenvalue weighted by Crippen LogP contribution is 2.14. The average Bonchev–Trinajstić information content (AvgIpc) is 2.15. The Kier molecular flexibility index (Phi) is 3.20. The lowest BCUT2D eigenvalue weighted by atomic mass is 10.2. The van der Waals surface area contributed by atoms with Crippen molar-refractivity contribution >= 4 is 5.78 Å². The summed E-state index contributed by atoms with van der Waals surface area (Å²) in [7, 11) is 0. The second kappa shape index (κ2) is 4.40. The second-order valence-electron chi connectivity index (χ2n) is 2.51. The molecule has 0 atom stereocenters. The van der Waals surface area contributed by atoms with Crippen molar-refractivity contribution in [3.05, 3.63) is 36.5 Å². The number of pyridine rings is 1. The summed E-state index contributed by atoms with van der Waals surface area (Å²) in [5, 5.41) is 0. The highest BCUT2D eigenvalue weighted by Gasteiger charge is 2.07. The van der Waals surface area contributed by atoms with Gasteiger partial charge in [0.2, 0.25) is 5.88 Å². The first-order valence-corrected chi connectivity index (χ1v) is 3.95. The maximum Gasteiger partial charge on any atom is 0.224 e. The summed E-state index contributed by atoms with van der Waals surface area (Å²) in [5.41, 5.74) is 0.504. The van der Waals surface area contributed by atoms with Crippen molar-refractivity contribution in [3.63, 3.8) is 0 Å². The minimum absolute atomic E-state index is 0.0489. The Morgan fingerprint density at radius 1 is 1.77 bits per heavy atom. The van der Waals surface area contributed by atoms with Crippen LogP contribution in [0.5, 0.6) is 5.88 Å². The zero-order valence-corrected chi connectivity index (χ0v) is 7.49. The van der Waals surface area contributed by atoms with E-state index in [0.29, 0.717) is 18.1 Å². The second-order valence-corrected chi connectivity index (χ2v) is 2.51. The number of nitrogens with zero attached hydrogens (tertiary/aromatic N) is 1. The maximum absolute atomic E-state index is 11.1. The van der Waals surface area contributed by atoms with Gasteiger partial charge in [0.25, 0.3) is 0 Å². The molecule has 0 radical (unpaired) electrons. The first-order valence-electron chi connectivity index (χ1n) is 3.95. The molecule has 13 heavy (non-hydrogen) atoms. The SMILES string of the molecule is C=CCOc1ncccc1C(C)=O. The van der Waals surface area contributed by atoms with Crippen molar-refractivity contribution in [2.75, 3.05) is 6.61 Å². The maximum atomic E-state index is 11.1. The molecule has 0 fully saturated rings. The zero-order chi connectivity index (χ0) is 9.68. The van der Waals surface area contributed by atoms with E-state index in [0.717, 1.165) is 0 Å². The molecule has 68 valence electrons. The van der Waals surface area contributed by atoms with Crippen LogP contribution in [0.3, 0.4) is 0 Å². The zero-order valence-electron chi connectivity index (χ0n) is 7.49. The van der Waals surface area contributed by atoms with Gasteiger partial charge in [0.15, 0.2) is 5.78 Å². The molecule has 1 aromatic rings. The van der Waals surface area contributed by atoms with Gasteiger partial charge in [-0.25, -0.2) is 4.98 Å². The molecule has 0 saturated carbocycles. The Morgan fingerprint density at radius 3 is 3.15 bits per heavy atom. The van der Waals surface area contributed by atoms with Gasteiger partial charge in [0.1, 0.15) is 6.61 Å². The quantitative estimate of drug-likeness (QED) is 0.520. The topological polar surface area (TPSA) is 39.2 Å². The fourth-order valence-electron chi connectivity index (χ4n) is 0.912. The normalized spacial score (nSPS) is 9.31. The first-order chi connectivity index (χ1) is 6.25. The standard InChI is InChI=1S/C10H11NO2/c1-3-7-13-10-9(8(2)12)5-4-6-11-10/h3-6H,1,7H2,2H3. The highest BCUT2D eigenvalue weighted by atomic mass is 16.5. The van der Waals surface area contributed by atoms with Gasteiger partial charge in [-0.15, -0.1) is 0 Å². The Bertz CT molecular complexity index is 320. The van der Waals surface area contributed by atoms with Crippen molar-refractivity contribution < 1.29 is 9.53 Å². The molecule has 1 aromatic heterocycles. The van der Waals surface area contributed by atoms with E-state index in [1.54, 1.807) is 24.4 Å². The predicted molar refractivity (Wildman–Crippen MR) is 49.9 cm³/mol. The van der Waals surface area contributed by atoms with Gasteiger partial charge in [-0.05, 0) is 19.1 Å². The fourth-order valence-corrected chi connectivity index (χ4v) is 0.912. The summed E-state index contributed by atoms with van der Waals surface area (Å²) < 4.78 is 5.20. The number of Topliss-reactive ketones (excluding diaryl/α,β-unsaturated/α-hetero) is 1. The molecule has 0 aliphatic carbocycles. The van der Waals surface area contributed by atoms with Crippen molar-refractivity contribution in [1.29, 1.82) is 0 Å². The number of hydrogen-bond donors (Lipinski definition) is 0. The number of ether oxygens (including phenoxy) is 1. The molecule has 3 heteroatoms. The Labute approximate surface area is 77.1 Å². The molecular weight excluding hydrogens is 166 g/mol. The van der Waals surface area contributed by atoms with Gasteiger partial charge in [-0.3, -0.25) is 4.79 Å². The summed E-state index contributed by atoms with van der Waals surface area (Å²) in [6, 6.07) is 3.39. The molecule has 0 spiro atoms. The van der Waals surface area contributed by atoms with E-state index in [1.807, 2.05) is 0 Å². The van der Waals surface area contributed by atoms with E-state index in [1.165, 1.54) is 6.92 Å². The molecule has 1 rings (SSSR count). The summed E-state index contributed by atoms with van der Waals surface area (Å²) in [6.07, 6.45) is 3.20. The molecule has 3 nitrogen and oxygen atoms in total. The predicted octanol–water partition coefficient (Wildman–Crippen LogP) is 1.85. The number of carbonyl (C=O) groups is 1.